The molecule has 0 fully saturated rings. The summed E-state index contributed by atoms with van der Waals surface area (Å²) in [6.07, 6.45) is 4.70. The fraction of sp³-hybridized carbons (Fsp3) is 0.533. The summed E-state index contributed by atoms with van der Waals surface area (Å²) >= 11 is 0. The van der Waals surface area contributed by atoms with Gasteiger partial charge in [-0.1, -0.05) is 38.3 Å². The van der Waals surface area contributed by atoms with Crippen LogP contribution in [0.2, 0.25) is 0 Å². The van der Waals surface area contributed by atoms with Crippen LogP contribution >= 0.6 is 0 Å². The second-order valence-electron chi connectivity index (χ2n) is 4.82. The second kappa shape index (κ2) is 9.34. The number of ether oxygens (including phenoxy) is 1. The normalized spacial score (nSPS) is 12.1. The lowest BCUT2D eigenvalue weighted by Crippen LogP contribution is -2.44. The molecule has 0 spiro atoms. The predicted molar refractivity (Wildman–Crippen MR) is 78.0 cm³/mol. The summed E-state index contributed by atoms with van der Waals surface area (Å²) < 4.78 is 5.21. The van der Waals surface area contributed by atoms with E-state index in [1.807, 2.05) is 0 Å². The fourth-order valence-electron chi connectivity index (χ4n) is 1.88. The van der Waals surface area contributed by atoms with Crippen molar-refractivity contribution in [1.82, 2.24) is 5.43 Å². The number of carbonyl (C=O) groups is 1. The zero-order chi connectivity index (χ0) is 14.8. The zero-order valence-corrected chi connectivity index (χ0v) is 12.0. The van der Waals surface area contributed by atoms with Gasteiger partial charge in [0.1, 0.15) is 11.8 Å². The monoisotopic (exact) mass is 280 g/mol. The first-order valence-electron chi connectivity index (χ1n) is 7.08. The highest BCUT2D eigenvalue weighted by Gasteiger charge is 2.18. The largest absolute Gasteiger partial charge is 0.508 e. The molecule has 0 saturated heterocycles. The van der Waals surface area contributed by atoms with Gasteiger partial charge in [-0.3, -0.25) is 10.6 Å². The molecule has 5 nitrogen and oxygen atoms in total. The van der Waals surface area contributed by atoms with Gasteiger partial charge in [0.15, 0.2) is 0 Å². The van der Waals surface area contributed by atoms with E-state index < -0.39 is 6.04 Å². The number of rotatable bonds is 9. The van der Waals surface area contributed by atoms with Gasteiger partial charge in [0.25, 0.3) is 0 Å². The topological polar surface area (TPSA) is 84.6 Å². The molecule has 1 aromatic carbocycles. The number of phenolic OH excluding ortho intramolecular Hbond substituents is 1. The Kier molecular flexibility index (Phi) is 7.69. The first-order chi connectivity index (χ1) is 9.67. The highest BCUT2D eigenvalue weighted by molar-refractivity contribution is 5.76. The van der Waals surface area contributed by atoms with Crippen molar-refractivity contribution in [3.05, 3.63) is 29.8 Å². The number of unbranched alkanes of at least 4 members (excludes halogenated alkanes) is 3. The molecule has 1 aromatic rings. The average Bonchev–Trinajstić information content (AvgIpc) is 2.46. The van der Waals surface area contributed by atoms with Crippen molar-refractivity contribution in [2.45, 2.75) is 45.1 Å². The lowest BCUT2D eigenvalue weighted by molar-refractivity contribution is -0.146. The fourth-order valence-corrected chi connectivity index (χ4v) is 1.88. The summed E-state index contributed by atoms with van der Waals surface area (Å²) in [7, 11) is 0. The van der Waals surface area contributed by atoms with Crippen LogP contribution in [0.15, 0.2) is 24.3 Å². The van der Waals surface area contributed by atoms with Crippen LogP contribution in [0.1, 0.15) is 38.2 Å². The number of hydrogen-bond acceptors (Lipinski definition) is 5. The van der Waals surface area contributed by atoms with E-state index in [2.05, 4.69) is 12.3 Å². The molecule has 112 valence electrons. The predicted octanol–water partition coefficient (Wildman–Crippen LogP) is 1.89. The van der Waals surface area contributed by atoms with Crippen molar-refractivity contribution >= 4 is 5.97 Å². The summed E-state index contributed by atoms with van der Waals surface area (Å²) in [4.78, 5) is 11.9. The quantitative estimate of drug-likeness (QED) is 0.278. The Hall–Kier alpha value is -1.59. The number of nitrogens with two attached hydrogens (primary N) is 1. The van der Waals surface area contributed by atoms with Crippen LogP contribution in [0, 0.1) is 0 Å². The van der Waals surface area contributed by atoms with Gasteiger partial charge in [-0.05, 0) is 30.5 Å². The van der Waals surface area contributed by atoms with Crippen LogP contribution < -0.4 is 11.3 Å². The van der Waals surface area contributed by atoms with Crippen LogP contribution in [-0.2, 0) is 16.0 Å². The molecule has 0 aromatic heterocycles. The van der Waals surface area contributed by atoms with Crippen molar-refractivity contribution < 1.29 is 14.6 Å². The number of hydrogen-bond donors (Lipinski definition) is 3. The molecular weight excluding hydrogens is 256 g/mol. The highest BCUT2D eigenvalue weighted by Crippen LogP contribution is 2.11. The third-order valence-electron chi connectivity index (χ3n) is 3.10. The summed E-state index contributed by atoms with van der Waals surface area (Å²) in [5.74, 6) is 5.27. The first-order valence-corrected chi connectivity index (χ1v) is 7.08. The SMILES string of the molecule is CCCCCCOC(=O)[C@H](Cc1ccc(O)cc1)NN. The maximum atomic E-state index is 11.9. The molecule has 4 N–H and O–H groups in total. The number of carbonyl (C=O) groups excluding carboxylic acids is 1. The Bertz CT molecular complexity index is 393. The van der Waals surface area contributed by atoms with E-state index in [1.165, 1.54) is 0 Å². The maximum Gasteiger partial charge on any atom is 0.324 e. The van der Waals surface area contributed by atoms with Gasteiger partial charge in [0.05, 0.1) is 6.61 Å². The Morgan fingerprint density at radius 1 is 1.30 bits per heavy atom. The molecule has 1 rings (SSSR count). The van der Waals surface area contributed by atoms with Crippen molar-refractivity contribution in [3.63, 3.8) is 0 Å². The third-order valence-corrected chi connectivity index (χ3v) is 3.10. The molecule has 5 heteroatoms. The van der Waals surface area contributed by atoms with Crippen LogP contribution in [0.4, 0.5) is 0 Å². The van der Waals surface area contributed by atoms with E-state index in [0.717, 1.165) is 31.2 Å². The van der Waals surface area contributed by atoms with Gasteiger partial charge in [0.2, 0.25) is 0 Å². The molecule has 0 heterocycles. The number of phenols is 1. The molecule has 1 atom stereocenters. The molecule has 0 aliphatic rings. The van der Waals surface area contributed by atoms with E-state index in [4.69, 9.17) is 10.6 Å². The smallest absolute Gasteiger partial charge is 0.324 e. The molecule has 0 aliphatic heterocycles. The first kappa shape index (κ1) is 16.5. The Labute approximate surface area is 120 Å². The molecule has 0 radical (unpaired) electrons. The van der Waals surface area contributed by atoms with E-state index in [1.54, 1.807) is 24.3 Å². The molecular formula is C15H24N2O3. The van der Waals surface area contributed by atoms with Gasteiger partial charge >= 0.3 is 5.97 Å². The van der Waals surface area contributed by atoms with Crippen LogP contribution in [0.3, 0.4) is 0 Å². The van der Waals surface area contributed by atoms with Crippen molar-refractivity contribution in [1.29, 1.82) is 0 Å². The van der Waals surface area contributed by atoms with E-state index in [-0.39, 0.29) is 11.7 Å². The molecule has 20 heavy (non-hydrogen) atoms. The van der Waals surface area contributed by atoms with Gasteiger partial charge < -0.3 is 9.84 Å². The minimum atomic E-state index is -0.564. The van der Waals surface area contributed by atoms with Crippen LogP contribution in [0.25, 0.3) is 0 Å². The van der Waals surface area contributed by atoms with Crippen LogP contribution in [-0.4, -0.2) is 23.7 Å². The maximum absolute atomic E-state index is 11.9. The molecule has 0 bridgehead atoms. The van der Waals surface area contributed by atoms with Gasteiger partial charge in [-0.2, -0.15) is 0 Å². The van der Waals surface area contributed by atoms with Crippen molar-refractivity contribution in [2.24, 2.45) is 5.84 Å². The zero-order valence-electron chi connectivity index (χ0n) is 12.0. The van der Waals surface area contributed by atoms with Gasteiger partial charge in [-0.15, -0.1) is 0 Å². The molecule has 0 saturated carbocycles. The molecule has 0 unspecified atom stereocenters. The summed E-state index contributed by atoms with van der Waals surface area (Å²) in [6.45, 7) is 2.57. The number of esters is 1. The number of benzene rings is 1. The lowest BCUT2D eigenvalue weighted by atomic mass is 10.1. The van der Waals surface area contributed by atoms with E-state index >= 15 is 0 Å². The van der Waals surface area contributed by atoms with Crippen LogP contribution in [0.5, 0.6) is 5.75 Å². The third kappa shape index (κ3) is 6.04. The summed E-state index contributed by atoms with van der Waals surface area (Å²) in [6, 6.07) is 6.12. The van der Waals surface area contributed by atoms with Gasteiger partial charge in [0, 0.05) is 0 Å². The second-order valence-corrected chi connectivity index (χ2v) is 4.82. The standard InChI is InChI=1S/C15H24N2O3/c1-2-3-4-5-10-20-15(19)14(17-16)11-12-6-8-13(18)9-7-12/h6-9,14,17-18H,2-5,10-11,16H2,1H3/t14-/m0/s1. The highest BCUT2D eigenvalue weighted by atomic mass is 16.5. The van der Waals surface area contributed by atoms with E-state index in [0.29, 0.717) is 13.0 Å². The Morgan fingerprint density at radius 3 is 2.60 bits per heavy atom. The summed E-state index contributed by atoms with van der Waals surface area (Å²) in [5, 5.41) is 9.21. The Balaban J connectivity index is 2.37. The van der Waals surface area contributed by atoms with E-state index in [9.17, 15) is 9.90 Å². The number of hydrazine groups is 1. The minimum absolute atomic E-state index is 0.199. The average molecular weight is 280 g/mol. The molecule has 0 amide bonds. The molecule has 0 aliphatic carbocycles. The minimum Gasteiger partial charge on any atom is -0.508 e. The van der Waals surface area contributed by atoms with Crippen molar-refractivity contribution in [3.8, 4) is 5.75 Å². The summed E-state index contributed by atoms with van der Waals surface area (Å²) in [5.41, 5.74) is 3.39. The van der Waals surface area contributed by atoms with Gasteiger partial charge in [-0.25, -0.2) is 5.43 Å². The lowest BCUT2D eigenvalue weighted by Gasteiger charge is -2.15. The Morgan fingerprint density at radius 2 is 2.00 bits per heavy atom. The number of nitrogens with one attached hydrogen (secondary N) is 1. The number of aromatic hydroxyl groups is 1. The van der Waals surface area contributed by atoms with Crippen molar-refractivity contribution in [2.75, 3.05) is 6.61 Å².